The quantitative estimate of drug-likeness (QED) is 0.196. The highest BCUT2D eigenvalue weighted by atomic mass is 35.5. The van der Waals surface area contributed by atoms with E-state index in [0.717, 1.165) is 27.8 Å². The lowest BCUT2D eigenvalue weighted by Gasteiger charge is -2.11. The molecule has 0 bridgehead atoms. The minimum Gasteiger partial charge on any atom is -0.497 e. The van der Waals surface area contributed by atoms with Gasteiger partial charge in [0.2, 0.25) is 5.88 Å². The van der Waals surface area contributed by atoms with E-state index in [2.05, 4.69) is 5.32 Å². The van der Waals surface area contributed by atoms with Crippen LogP contribution in [0.25, 0.3) is 27.7 Å². The minimum absolute atomic E-state index is 0.0421. The highest BCUT2D eigenvalue weighted by molar-refractivity contribution is 6.35. The maximum Gasteiger partial charge on any atom is 0.305 e. The number of nitrogens with zero attached hydrogens (tertiary/aromatic N) is 2. The average molecular weight is 576 g/mol. The van der Waals surface area contributed by atoms with Crippen LogP contribution in [0.4, 0.5) is 0 Å². The maximum atomic E-state index is 12.3. The molecule has 10 heteroatoms. The van der Waals surface area contributed by atoms with Crippen molar-refractivity contribution in [3.05, 3.63) is 101 Å². The number of aliphatic carboxylic acids is 1. The first kappa shape index (κ1) is 27.1. The summed E-state index contributed by atoms with van der Waals surface area (Å²) in [5, 5.41) is 19.1. The zero-order valence-corrected chi connectivity index (χ0v) is 22.7. The fourth-order valence-electron chi connectivity index (χ4n) is 4.11. The number of nitrogens with one attached hydrogen (secondary N) is 1. The Morgan fingerprint density at radius 2 is 1.55 bits per heavy atom. The molecule has 0 aliphatic rings. The van der Waals surface area contributed by atoms with Crippen LogP contribution >= 0.6 is 23.2 Å². The van der Waals surface area contributed by atoms with Crippen LogP contribution in [-0.2, 0) is 4.79 Å². The first-order valence-electron chi connectivity index (χ1n) is 12.2. The van der Waals surface area contributed by atoms with Gasteiger partial charge in [-0.15, -0.1) is 0 Å². The highest BCUT2D eigenvalue weighted by Gasteiger charge is 2.16. The second kappa shape index (κ2) is 11.7. The SMILES string of the molecule is COc1ccc2cc(-n3nc(-c4cc(Cl)cc(Cl)c4)cc3Oc3ccc(C(=O)NCCC(=O)O)cc3)ccc2c1. The van der Waals surface area contributed by atoms with Gasteiger partial charge in [-0.1, -0.05) is 35.3 Å². The summed E-state index contributed by atoms with van der Waals surface area (Å²) in [7, 11) is 1.63. The van der Waals surface area contributed by atoms with E-state index in [9.17, 15) is 9.59 Å². The molecule has 4 aromatic carbocycles. The monoisotopic (exact) mass is 575 g/mol. The Bertz CT molecular complexity index is 1700. The number of carbonyl (C=O) groups excluding carboxylic acids is 1. The normalized spacial score (nSPS) is 10.9. The molecular weight excluding hydrogens is 553 g/mol. The van der Waals surface area contributed by atoms with Crippen molar-refractivity contribution in [1.29, 1.82) is 0 Å². The largest absolute Gasteiger partial charge is 0.497 e. The summed E-state index contributed by atoms with van der Waals surface area (Å²) in [6.45, 7) is 0.0421. The van der Waals surface area contributed by atoms with Crippen LogP contribution in [0.15, 0.2) is 84.9 Å². The lowest BCUT2D eigenvalue weighted by atomic mass is 10.1. The van der Waals surface area contributed by atoms with E-state index in [-0.39, 0.29) is 18.9 Å². The van der Waals surface area contributed by atoms with Crippen molar-refractivity contribution >= 4 is 45.9 Å². The van der Waals surface area contributed by atoms with Crippen molar-refractivity contribution in [2.75, 3.05) is 13.7 Å². The molecular formula is C30H23Cl2N3O5. The third-order valence-corrected chi connectivity index (χ3v) is 6.51. The number of carboxylic acid groups (broad SMARTS) is 1. The number of fused-ring (bicyclic) bond motifs is 1. The summed E-state index contributed by atoms with van der Waals surface area (Å²) in [5.74, 6) is 0.321. The molecule has 0 aliphatic heterocycles. The fourth-order valence-corrected chi connectivity index (χ4v) is 4.64. The first-order chi connectivity index (χ1) is 19.3. The van der Waals surface area contributed by atoms with Crippen molar-refractivity contribution < 1.29 is 24.2 Å². The molecule has 1 heterocycles. The van der Waals surface area contributed by atoms with Gasteiger partial charge < -0.3 is 19.9 Å². The van der Waals surface area contributed by atoms with Crippen LogP contribution in [0, 0.1) is 0 Å². The molecule has 2 N–H and O–H groups in total. The van der Waals surface area contributed by atoms with Crippen molar-refractivity contribution in [2.45, 2.75) is 6.42 Å². The highest BCUT2D eigenvalue weighted by Crippen LogP contribution is 2.33. The molecule has 0 atom stereocenters. The van der Waals surface area contributed by atoms with Crippen LogP contribution in [0.1, 0.15) is 16.8 Å². The van der Waals surface area contributed by atoms with Gasteiger partial charge in [0, 0.05) is 33.8 Å². The molecule has 0 spiro atoms. The number of carboxylic acids is 1. The van der Waals surface area contributed by atoms with Gasteiger partial charge in [-0.2, -0.15) is 5.10 Å². The molecule has 40 heavy (non-hydrogen) atoms. The van der Waals surface area contributed by atoms with Gasteiger partial charge in [-0.3, -0.25) is 9.59 Å². The van der Waals surface area contributed by atoms with E-state index in [4.69, 9.17) is 42.9 Å². The fraction of sp³-hybridized carbons (Fsp3) is 0.100. The summed E-state index contributed by atoms with van der Waals surface area (Å²) in [6.07, 6.45) is -0.153. The molecule has 8 nitrogen and oxygen atoms in total. The molecule has 0 radical (unpaired) electrons. The number of hydrogen-bond donors (Lipinski definition) is 2. The molecule has 5 rings (SSSR count). The van der Waals surface area contributed by atoms with Crippen LogP contribution in [-0.4, -0.2) is 40.4 Å². The van der Waals surface area contributed by atoms with Gasteiger partial charge in [-0.05, 0) is 77.5 Å². The zero-order chi connectivity index (χ0) is 28.2. The number of hydrogen-bond acceptors (Lipinski definition) is 5. The standard InChI is InChI=1S/C30H23Cl2N3O5/c1-39-26-9-5-19-14-24(6-2-20(19)15-26)35-28(17-27(34-35)21-12-22(31)16-23(32)13-21)40-25-7-3-18(4-8-25)30(38)33-11-10-29(36)37/h2-9,12-17H,10-11H2,1H3,(H,33,38)(H,36,37). The van der Waals surface area contributed by atoms with Gasteiger partial charge in [-0.25, -0.2) is 4.68 Å². The predicted octanol–water partition coefficient (Wildman–Crippen LogP) is 7.00. The van der Waals surface area contributed by atoms with Crippen LogP contribution in [0.2, 0.25) is 10.0 Å². The maximum absolute atomic E-state index is 12.3. The van der Waals surface area contributed by atoms with Crippen LogP contribution in [0.3, 0.4) is 0 Å². The summed E-state index contributed by atoms with van der Waals surface area (Å²) < 4.78 is 13.2. The number of halogens is 2. The van der Waals surface area contributed by atoms with Crippen molar-refractivity contribution in [2.24, 2.45) is 0 Å². The van der Waals surface area contributed by atoms with Gasteiger partial charge in [0.25, 0.3) is 5.91 Å². The lowest BCUT2D eigenvalue weighted by Crippen LogP contribution is -2.25. The minimum atomic E-state index is -0.980. The molecule has 0 saturated carbocycles. The molecule has 0 unspecified atom stereocenters. The number of carbonyl (C=O) groups is 2. The van der Waals surface area contributed by atoms with E-state index in [0.29, 0.717) is 32.9 Å². The van der Waals surface area contributed by atoms with Crippen LogP contribution in [0.5, 0.6) is 17.4 Å². The van der Waals surface area contributed by atoms with E-state index in [1.54, 1.807) is 60.3 Å². The molecule has 0 fully saturated rings. The predicted molar refractivity (Wildman–Crippen MR) is 154 cm³/mol. The van der Waals surface area contributed by atoms with E-state index in [1.165, 1.54) is 0 Å². The van der Waals surface area contributed by atoms with Crippen molar-refractivity contribution in [3.8, 4) is 34.3 Å². The summed E-state index contributed by atoms with van der Waals surface area (Å²) >= 11 is 12.5. The zero-order valence-electron chi connectivity index (χ0n) is 21.2. The molecule has 0 aliphatic carbocycles. The van der Waals surface area contributed by atoms with Gasteiger partial charge >= 0.3 is 5.97 Å². The van der Waals surface area contributed by atoms with Gasteiger partial charge in [0.1, 0.15) is 11.5 Å². The summed E-state index contributed by atoms with van der Waals surface area (Å²) in [4.78, 5) is 23.0. The van der Waals surface area contributed by atoms with Crippen molar-refractivity contribution in [1.82, 2.24) is 15.1 Å². The van der Waals surface area contributed by atoms with E-state index < -0.39 is 5.97 Å². The molecule has 1 amide bonds. The third kappa shape index (κ3) is 6.20. The Hall–Kier alpha value is -4.53. The number of aromatic nitrogens is 2. The second-order valence-electron chi connectivity index (χ2n) is 8.86. The Labute approximate surface area is 239 Å². The van der Waals surface area contributed by atoms with Gasteiger partial charge in [0.05, 0.1) is 24.9 Å². The van der Waals surface area contributed by atoms with Gasteiger partial charge in [0.15, 0.2) is 0 Å². The van der Waals surface area contributed by atoms with E-state index >= 15 is 0 Å². The summed E-state index contributed by atoms with van der Waals surface area (Å²) in [6, 6.07) is 25.2. The first-order valence-corrected chi connectivity index (χ1v) is 13.0. The second-order valence-corrected chi connectivity index (χ2v) is 9.73. The number of rotatable bonds is 9. The Kier molecular flexibility index (Phi) is 7.91. The van der Waals surface area contributed by atoms with Crippen LogP contribution < -0.4 is 14.8 Å². The smallest absolute Gasteiger partial charge is 0.305 e. The molecule has 202 valence electrons. The number of benzene rings is 4. The lowest BCUT2D eigenvalue weighted by molar-refractivity contribution is -0.136. The van der Waals surface area contributed by atoms with E-state index in [1.807, 2.05) is 36.4 Å². The number of methoxy groups -OCH3 is 1. The Balaban J connectivity index is 1.48. The molecule has 1 aromatic heterocycles. The number of ether oxygens (including phenoxy) is 2. The third-order valence-electron chi connectivity index (χ3n) is 6.07. The molecule has 0 saturated heterocycles. The Morgan fingerprint density at radius 3 is 2.25 bits per heavy atom. The number of amides is 1. The summed E-state index contributed by atoms with van der Waals surface area (Å²) in [5.41, 5.74) is 2.47. The Morgan fingerprint density at radius 1 is 0.875 bits per heavy atom. The average Bonchev–Trinajstić information content (AvgIpc) is 3.36. The van der Waals surface area contributed by atoms with Crippen molar-refractivity contribution in [3.63, 3.8) is 0 Å². The topological polar surface area (TPSA) is 103 Å². The molecule has 5 aromatic rings.